The number of pyridine rings is 1. The van der Waals surface area contributed by atoms with Crippen molar-refractivity contribution in [3.63, 3.8) is 0 Å². The predicted molar refractivity (Wildman–Crippen MR) is 165 cm³/mol. The van der Waals surface area contributed by atoms with Gasteiger partial charge in [-0.25, -0.2) is 15.2 Å². The minimum atomic E-state index is -1.00. The molecule has 44 heavy (non-hydrogen) atoms. The lowest BCUT2D eigenvalue weighted by Gasteiger charge is -2.16. The number of rotatable bonds is 12. The molecule has 0 spiro atoms. The molecule has 10 nitrogen and oxygen atoms in total. The highest BCUT2D eigenvalue weighted by molar-refractivity contribution is 6.13. The molecule has 5 rings (SSSR count). The fourth-order valence-corrected chi connectivity index (χ4v) is 4.75. The van der Waals surface area contributed by atoms with E-state index in [1.54, 1.807) is 0 Å². The fourth-order valence-electron chi connectivity index (χ4n) is 4.75. The summed E-state index contributed by atoms with van der Waals surface area (Å²) < 4.78 is 15.6. The van der Waals surface area contributed by atoms with Gasteiger partial charge in [0.15, 0.2) is 11.4 Å². The quantitative estimate of drug-likeness (QED) is 0.155. The van der Waals surface area contributed by atoms with Crippen molar-refractivity contribution in [3.05, 3.63) is 88.7 Å². The molecular formula is C34H38N4O6. The highest BCUT2D eigenvalue weighted by Gasteiger charge is 2.27. The molecule has 0 unspecified atom stereocenters. The van der Waals surface area contributed by atoms with E-state index in [4.69, 9.17) is 14.2 Å². The maximum absolute atomic E-state index is 13.2. The molecule has 1 atom stereocenters. The summed E-state index contributed by atoms with van der Waals surface area (Å²) in [5.74, 6) is -0.149. The summed E-state index contributed by atoms with van der Waals surface area (Å²) in [6.07, 6.45) is 5.05. The monoisotopic (exact) mass is 598 g/mol. The Hall–Kier alpha value is -4.73. The first-order valence-electron chi connectivity index (χ1n) is 15.0. The number of hydrogen-bond acceptors (Lipinski definition) is 8. The summed E-state index contributed by atoms with van der Waals surface area (Å²) in [7, 11) is 1.37. The third-order valence-electron chi connectivity index (χ3n) is 7.46. The van der Waals surface area contributed by atoms with Crippen LogP contribution in [0.1, 0.15) is 91.0 Å². The molecule has 0 bridgehead atoms. The van der Waals surface area contributed by atoms with Crippen molar-refractivity contribution in [2.75, 3.05) is 13.7 Å². The molecule has 3 aromatic rings. The van der Waals surface area contributed by atoms with Crippen LogP contribution < -0.4 is 20.2 Å². The zero-order valence-corrected chi connectivity index (χ0v) is 25.5. The van der Waals surface area contributed by atoms with Crippen LogP contribution in [0.25, 0.3) is 0 Å². The van der Waals surface area contributed by atoms with Gasteiger partial charge >= 0.3 is 6.16 Å². The van der Waals surface area contributed by atoms with E-state index in [0.29, 0.717) is 17.5 Å². The van der Waals surface area contributed by atoms with E-state index in [2.05, 4.69) is 45.1 Å². The van der Waals surface area contributed by atoms with Gasteiger partial charge in [-0.1, -0.05) is 50.2 Å². The molecule has 0 saturated heterocycles. The first-order chi connectivity index (χ1) is 21.2. The molecule has 2 aliphatic carbocycles. The molecule has 1 heterocycles. The molecule has 0 radical (unpaired) electrons. The highest BCUT2D eigenvalue weighted by Crippen LogP contribution is 2.41. The highest BCUT2D eigenvalue weighted by atomic mass is 16.7. The first-order valence-corrected chi connectivity index (χ1v) is 15.0. The van der Waals surface area contributed by atoms with Crippen LogP contribution in [0.15, 0.2) is 65.9 Å². The number of nitrogens with zero attached hydrogens (tertiary/aromatic N) is 2. The van der Waals surface area contributed by atoms with Gasteiger partial charge in [-0.2, -0.15) is 5.10 Å². The van der Waals surface area contributed by atoms with Crippen LogP contribution in [0.2, 0.25) is 0 Å². The van der Waals surface area contributed by atoms with Gasteiger partial charge < -0.3 is 19.5 Å². The van der Waals surface area contributed by atoms with E-state index in [1.807, 2.05) is 38.1 Å². The van der Waals surface area contributed by atoms with E-state index < -0.39 is 24.0 Å². The molecule has 2 fully saturated rings. The number of carbonyl (C=O) groups is 3. The number of benzene rings is 2. The Morgan fingerprint density at radius 2 is 1.55 bits per heavy atom. The predicted octanol–water partition coefficient (Wildman–Crippen LogP) is 5.70. The number of hydrazone groups is 1. The second-order valence-electron chi connectivity index (χ2n) is 11.7. The van der Waals surface area contributed by atoms with E-state index >= 15 is 0 Å². The Bertz CT molecular complexity index is 1500. The van der Waals surface area contributed by atoms with Gasteiger partial charge in [-0.3, -0.25) is 9.59 Å². The van der Waals surface area contributed by atoms with E-state index in [0.717, 1.165) is 11.1 Å². The van der Waals surface area contributed by atoms with Crippen LogP contribution in [-0.4, -0.2) is 48.4 Å². The van der Waals surface area contributed by atoms with Crippen LogP contribution in [0.5, 0.6) is 11.5 Å². The van der Waals surface area contributed by atoms with Crippen molar-refractivity contribution >= 4 is 23.7 Å². The van der Waals surface area contributed by atoms with Crippen molar-refractivity contribution in [3.8, 4) is 11.5 Å². The second-order valence-corrected chi connectivity index (χ2v) is 11.7. The summed E-state index contributed by atoms with van der Waals surface area (Å²) in [4.78, 5) is 42.7. The number of nitrogens with one attached hydrogen (secondary N) is 2. The van der Waals surface area contributed by atoms with Gasteiger partial charge in [0, 0.05) is 23.4 Å². The molecule has 2 aromatic carbocycles. The topological polar surface area (TPSA) is 128 Å². The van der Waals surface area contributed by atoms with Crippen molar-refractivity contribution in [2.45, 2.75) is 64.3 Å². The molecule has 2 saturated carbocycles. The second kappa shape index (κ2) is 13.7. The Labute approximate surface area is 257 Å². The van der Waals surface area contributed by atoms with Crippen LogP contribution in [0.3, 0.4) is 0 Å². The molecule has 10 heteroatoms. The van der Waals surface area contributed by atoms with Crippen molar-refractivity contribution < 1.29 is 28.6 Å². The maximum Gasteiger partial charge on any atom is 0.514 e. The molecule has 1 aromatic heterocycles. The standard InChI is InChI=1S/C34H38N4O6/c1-20(2)19-43-34(41)44-31-28(42-4)15-16-35-30(31)33(40)36-21(3)32(39)38-37-29(26-9-5-7-24(17-26)22-11-12-22)27-10-6-8-25(18-27)23-13-14-23/h5-10,15-18,20-23H,11-14,19H2,1-4H3,(H,36,40)(H,38,39)/t21-/m0/s1. The summed E-state index contributed by atoms with van der Waals surface area (Å²) in [5, 5.41) is 7.18. The minimum absolute atomic E-state index is 0.0907. The van der Waals surface area contributed by atoms with Gasteiger partial charge in [-0.15, -0.1) is 0 Å². The van der Waals surface area contributed by atoms with Crippen LogP contribution in [0, 0.1) is 5.92 Å². The number of amides is 2. The van der Waals surface area contributed by atoms with Crippen molar-refractivity contribution in [1.82, 2.24) is 15.7 Å². The lowest BCUT2D eigenvalue weighted by atomic mass is 9.97. The maximum atomic E-state index is 13.2. The average molecular weight is 599 g/mol. The third-order valence-corrected chi connectivity index (χ3v) is 7.46. The zero-order chi connectivity index (χ0) is 31.2. The van der Waals surface area contributed by atoms with Crippen LogP contribution in [0.4, 0.5) is 4.79 Å². The average Bonchev–Trinajstić information content (AvgIpc) is 3.94. The summed E-state index contributed by atoms with van der Waals surface area (Å²) >= 11 is 0. The zero-order valence-electron chi connectivity index (χ0n) is 25.5. The smallest absolute Gasteiger partial charge is 0.493 e. The van der Waals surface area contributed by atoms with Gasteiger partial charge in [0.25, 0.3) is 11.8 Å². The molecule has 0 aliphatic heterocycles. The lowest BCUT2D eigenvalue weighted by molar-refractivity contribution is -0.122. The van der Waals surface area contributed by atoms with Gasteiger partial charge in [0.1, 0.15) is 6.04 Å². The normalized spacial score (nSPS) is 14.8. The Morgan fingerprint density at radius 1 is 0.932 bits per heavy atom. The number of carbonyl (C=O) groups excluding carboxylic acids is 3. The number of aromatic nitrogens is 1. The number of methoxy groups -OCH3 is 1. The van der Waals surface area contributed by atoms with Crippen molar-refractivity contribution in [2.24, 2.45) is 11.0 Å². The molecular weight excluding hydrogens is 560 g/mol. The fraction of sp³-hybridized carbons (Fsp3) is 0.382. The Morgan fingerprint density at radius 3 is 2.09 bits per heavy atom. The molecule has 2 amide bonds. The molecule has 2 aliphatic rings. The summed E-state index contributed by atoms with van der Waals surface area (Å²) in [5.41, 5.74) is 7.40. The molecule has 230 valence electrons. The Kier molecular flexibility index (Phi) is 9.57. The first kappa shape index (κ1) is 30.7. The number of ether oxygens (including phenoxy) is 3. The van der Waals surface area contributed by atoms with Crippen LogP contribution in [-0.2, 0) is 9.53 Å². The third kappa shape index (κ3) is 7.80. The van der Waals surface area contributed by atoms with Gasteiger partial charge in [-0.05, 0) is 73.6 Å². The van der Waals surface area contributed by atoms with Crippen LogP contribution >= 0.6 is 0 Å². The van der Waals surface area contributed by atoms with E-state index in [9.17, 15) is 14.4 Å². The molecule has 2 N–H and O–H groups in total. The van der Waals surface area contributed by atoms with Gasteiger partial charge in [0.05, 0.1) is 19.4 Å². The number of hydrogen-bond donors (Lipinski definition) is 2. The van der Waals surface area contributed by atoms with Gasteiger partial charge in [0.2, 0.25) is 5.75 Å². The largest absolute Gasteiger partial charge is 0.514 e. The lowest BCUT2D eigenvalue weighted by Crippen LogP contribution is -2.44. The Balaban J connectivity index is 1.33. The SMILES string of the molecule is COc1ccnc(C(=O)N[C@@H](C)C(=O)NN=C(c2cccc(C3CC3)c2)c2cccc(C3CC3)c2)c1OC(=O)OCC(C)C. The van der Waals surface area contributed by atoms with E-state index in [-0.39, 0.29) is 29.7 Å². The van der Waals surface area contributed by atoms with E-state index in [1.165, 1.54) is 63.1 Å². The summed E-state index contributed by atoms with van der Waals surface area (Å²) in [6, 6.07) is 17.0. The minimum Gasteiger partial charge on any atom is -0.493 e. The van der Waals surface area contributed by atoms with Crippen molar-refractivity contribution in [1.29, 1.82) is 0 Å². The summed E-state index contributed by atoms with van der Waals surface area (Å²) in [6.45, 7) is 5.43.